The van der Waals surface area contributed by atoms with E-state index in [0.29, 0.717) is 26.4 Å². The number of nitrogens with zero attached hydrogens (tertiary/aromatic N) is 1. The molecule has 0 saturated carbocycles. The van der Waals surface area contributed by atoms with Gasteiger partial charge in [0, 0.05) is 0 Å². The number of ether oxygens (including phenoxy) is 3. The highest BCUT2D eigenvalue weighted by molar-refractivity contribution is 14.1. The molecule has 0 atom stereocenters. The smallest absolute Gasteiger partial charge is 0.270 e. The number of thioether (sulfide) groups is 1. The average molecular weight is 513 g/mol. The molecule has 1 aliphatic heterocycles. The molecule has 27 heavy (non-hydrogen) atoms. The van der Waals surface area contributed by atoms with E-state index in [0.717, 1.165) is 14.9 Å². The fourth-order valence-corrected chi connectivity index (χ4v) is 4.74. The molecule has 0 spiro atoms. The second-order valence-corrected chi connectivity index (χ2v) is 8.29. The summed E-state index contributed by atoms with van der Waals surface area (Å²) < 4.78 is 17.3. The van der Waals surface area contributed by atoms with E-state index in [1.54, 1.807) is 33.5 Å². The number of anilines is 1. The molecule has 140 valence electrons. The average Bonchev–Trinajstić information content (AvgIpc) is 2.94. The van der Waals surface area contributed by atoms with Gasteiger partial charge in [-0.2, -0.15) is 0 Å². The third-order valence-corrected chi connectivity index (χ3v) is 5.98. The lowest BCUT2D eigenvalue weighted by Gasteiger charge is -2.14. The fourth-order valence-electron chi connectivity index (χ4n) is 2.59. The standard InChI is InChI=1S/C19H16INO4S2/c1-23-13-6-4-12(5-7-13)21-18(22)16(27-19(21)26)10-11-8-14(20)17(25-3)15(9-11)24-2/h4-10H,1-3H3/b16-10-. The van der Waals surface area contributed by atoms with Gasteiger partial charge in [-0.3, -0.25) is 9.69 Å². The van der Waals surface area contributed by atoms with E-state index >= 15 is 0 Å². The Morgan fingerprint density at radius 3 is 2.37 bits per heavy atom. The number of hydrogen-bond acceptors (Lipinski definition) is 6. The molecule has 1 saturated heterocycles. The maximum atomic E-state index is 12.9. The Hall–Kier alpha value is -1.78. The summed E-state index contributed by atoms with van der Waals surface area (Å²) >= 11 is 8.87. The van der Waals surface area contributed by atoms with Crippen LogP contribution in [0.4, 0.5) is 5.69 Å². The highest BCUT2D eigenvalue weighted by Crippen LogP contribution is 2.38. The van der Waals surface area contributed by atoms with E-state index in [-0.39, 0.29) is 5.91 Å². The Labute approximate surface area is 180 Å². The molecule has 0 aliphatic carbocycles. The van der Waals surface area contributed by atoms with Crippen molar-refractivity contribution in [3.8, 4) is 17.2 Å². The zero-order valence-electron chi connectivity index (χ0n) is 14.8. The van der Waals surface area contributed by atoms with Gasteiger partial charge < -0.3 is 14.2 Å². The SMILES string of the molecule is COc1ccc(N2C(=O)/C(=C/c3cc(I)c(OC)c(OC)c3)SC2=S)cc1. The minimum atomic E-state index is -0.153. The number of methoxy groups -OCH3 is 3. The molecule has 0 bridgehead atoms. The molecule has 2 aromatic carbocycles. The van der Waals surface area contributed by atoms with Crippen LogP contribution in [0.5, 0.6) is 17.2 Å². The molecular formula is C19H16INO4S2. The van der Waals surface area contributed by atoms with Crippen LogP contribution in [0.1, 0.15) is 5.56 Å². The molecule has 1 fully saturated rings. The quantitative estimate of drug-likeness (QED) is 0.328. The summed E-state index contributed by atoms with van der Waals surface area (Å²) in [4.78, 5) is 15.0. The van der Waals surface area contributed by atoms with Crippen molar-refractivity contribution in [2.24, 2.45) is 0 Å². The molecule has 5 nitrogen and oxygen atoms in total. The van der Waals surface area contributed by atoms with Crippen molar-refractivity contribution in [3.05, 3.63) is 50.4 Å². The highest BCUT2D eigenvalue weighted by atomic mass is 127. The molecule has 0 aromatic heterocycles. The number of thiocarbonyl (C=S) groups is 1. The largest absolute Gasteiger partial charge is 0.497 e. The first-order chi connectivity index (χ1) is 13.0. The van der Waals surface area contributed by atoms with E-state index in [1.807, 2.05) is 30.3 Å². The first-order valence-electron chi connectivity index (χ1n) is 7.82. The summed E-state index contributed by atoms with van der Waals surface area (Å²) in [7, 11) is 4.78. The zero-order chi connectivity index (χ0) is 19.6. The molecule has 2 aromatic rings. The van der Waals surface area contributed by atoms with Gasteiger partial charge in [0.2, 0.25) is 0 Å². The van der Waals surface area contributed by atoms with Crippen LogP contribution in [-0.4, -0.2) is 31.6 Å². The molecule has 0 N–H and O–H groups in total. The fraction of sp³-hybridized carbons (Fsp3) is 0.158. The van der Waals surface area contributed by atoms with Gasteiger partial charge in [-0.15, -0.1) is 0 Å². The van der Waals surface area contributed by atoms with Gasteiger partial charge in [0.25, 0.3) is 5.91 Å². The van der Waals surface area contributed by atoms with Crippen LogP contribution in [0.15, 0.2) is 41.3 Å². The van der Waals surface area contributed by atoms with E-state index < -0.39 is 0 Å². The topological polar surface area (TPSA) is 48.0 Å². The molecule has 3 rings (SSSR count). The predicted molar refractivity (Wildman–Crippen MR) is 121 cm³/mol. The van der Waals surface area contributed by atoms with Crippen molar-refractivity contribution in [1.82, 2.24) is 0 Å². The lowest BCUT2D eigenvalue weighted by atomic mass is 10.2. The maximum Gasteiger partial charge on any atom is 0.270 e. The van der Waals surface area contributed by atoms with Crippen molar-refractivity contribution in [3.63, 3.8) is 0 Å². The van der Waals surface area contributed by atoms with Gasteiger partial charge in [0.05, 0.1) is 35.5 Å². The second-order valence-electron chi connectivity index (χ2n) is 5.45. The number of carbonyl (C=O) groups is 1. The van der Waals surface area contributed by atoms with Gasteiger partial charge in [-0.05, 0) is 70.6 Å². The van der Waals surface area contributed by atoms with Gasteiger partial charge in [0.1, 0.15) is 5.75 Å². The first-order valence-corrected chi connectivity index (χ1v) is 10.1. The van der Waals surface area contributed by atoms with Crippen LogP contribution in [0.25, 0.3) is 6.08 Å². The summed E-state index contributed by atoms with van der Waals surface area (Å²) in [6.45, 7) is 0. The van der Waals surface area contributed by atoms with Crippen molar-refractivity contribution < 1.29 is 19.0 Å². The van der Waals surface area contributed by atoms with Crippen molar-refractivity contribution in [2.45, 2.75) is 0 Å². The number of rotatable bonds is 5. The normalized spacial score (nSPS) is 15.4. The minimum absolute atomic E-state index is 0.153. The highest BCUT2D eigenvalue weighted by Gasteiger charge is 2.33. The van der Waals surface area contributed by atoms with Crippen molar-refractivity contribution >= 4 is 68.6 Å². The number of benzene rings is 2. The van der Waals surface area contributed by atoms with E-state index in [9.17, 15) is 4.79 Å². The summed E-state index contributed by atoms with van der Waals surface area (Å²) in [6, 6.07) is 11.0. The van der Waals surface area contributed by atoms with Crippen molar-refractivity contribution in [2.75, 3.05) is 26.2 Å². The molecule has 0 radical (unpaired) electrons. The van der Waals surface area contributed by atoms with Crippen LogP contribution < -0.4 is 19.1 Å². The lowest BCUT2D eigenvalue weighted by molar-refractivity contribution is -0.113. The summed E-state index contributed by atoms with van der Waals surface area (Å²) in [6.07, 6.45) is 1.81. The van der Waals surface area contributed by atoms with Gasteiger partial charge in [0.15, 0.2) is 15.8 Å². The Balaban J connectivity index is 1.93. The first kappa shape index (κ1) is 20.0. The van der Waals surface area contributed by atoms with Crippen LogP contribution in [0.2, 0.25) is 0 Å². The van der Waals surface area contributed by atoms with Crippen LogP contribution in [0.3, 0.4) is 0 Å². The van der Waals surface area contributed by atoms with Gasteiger partial charge in [-0.25, -0.2) is 0 Å². The third kappa shape index (κ3) is 4.07. The van der Waals surface area contributed by atoms with E-state index in [4.69, 9.17) is 26.4 Å². The van der Waals surface area contributed by atoms with E-state index in [2.05, 4.69) is 22.6 Å². The van der Waals surface area contributed by atoms with Crippen LogP contribution in [0, 0.1) is 3.57 Å². The van der Waals surface area contributed by atoms with Crippen LogP contribution >= 0.6 is 46.6 Å². The molecule has 1 heterocycles. The molecule has 8 heteroatoms. The number of halogens is 1. The maximum absolute atomic E-state index is 12.9. The minimum Gasteiger partial charge on any atom is -0.497 e. The summed E-state index contributed by atoms with van der Waals surface area (Å²) in [5, 5.41) is 0. The lowest BCUT2D eigenvalue weighted by Crippen LogP contribution is -2.27. The molecule has 0 unspecified atom stereocenters. The van der Waals surface area contributed by atoms with E-state index in [1.165, 1.54) is 16.7 Å². The zero-order valence-corrected chi connectivity index (χ0v) is 18.6. The second kappa shape index (κ2) is 8.49. The van der Waals surface area contributed by atoms with Crippen LogP contribution in [-0.2, 0) is 4.79 Å². The number of hydrogen-bond donors (Lipinski definition) is 0. The summed E-state index contributed by atoms with van der Waals surface area (Å²) in [5.41, 5.74) is 1.55. The Morgan fingerprint density at radius 2 is 1.78 bits per heavy atom. The third-order valence-electron chi connectivity index (χ3n) is 3.88. The number of carbonyl (C=O) groups excluding carboxylic acids is 1. The van der Waals surface area contributed by atoms with Gasteiger partial charge >= 0.3 is 0 Å². The Bertz CT molecular complexity index is 928. The molecular weight excluding hydrogens is 497 g/mol. The number of amides is 1. The van der Waals surface area contributed by atoms with Gasteiger partial charge in [-0.1, -0.05) is 24.0 Å². The summed E-state index contributed by atoms with van der Waals surface area (Å²) in [5.74, 6) is 1.85. The molecule has 1 amide bonds. The molecule has 1 aliphatic rings. The Morgan fingerprint density at radius 1 is 1.07 bits per heavy atom. The monoisotopic (exact) mass is 513 g/mol. The predicted octanol–water partition coefficient (Wildman–Crippen LogP) is 4.72. The Kier molecular flexibility index (Phi) is 6.28. The van der Waals surface area contributed by atoms with Crippen molar-refractivity contribution in [1.29, 1.82) is 0 Å².